The van der Waals surface area contributed by atoms with E-state index in [1.807, 2.05) is 6.92 Å². The molecule has 4 heteroatoms. The molecular weight excluding hydrogens is 302 g/mol. The zero-order valence-corrected chi connectivity index (χ0v) is 15.7. The largest absolute Gasteiger partial charge is 0.477 e. The maximum atomic E-state index is 11.8. The van der Waals surface area contributed by atoms with E-state index in [4.69, 9.17) is 5.11 Å². The molecule has 0 aliphatic rings. The highest BCUT2D eigenvalue weighted by Gasteiger charge is 2.10. The molecule has 0 aromatic heterocycles. The van der Waals surface area contributed by atoms with Crippen molar-refractivity contribution in [3.05, 3.63) is 11.8 Å². The van der Waals surface area contributed by atoms with Gasteiger partial charge in [-0.25, -0.2) is 4.79 Å². The molecule has 24 heavy (non-hydrogen) atoms. The summed E-state index contributed by atoms with van der Waals surface area (Å²) in [6.07, 6.45) is 17.2. The van der Waals surface area contributed by atoms with Gasteiger partial charge in [0.05, 0.1) is 0 Å². The molecule has 0 aliphatic heterocycles. The van der Waals surface area contributed by atoms with Crippen LogP contribution in [0.25, 0.3) is 0 Å². The van der Waals surface area contributed by atoms with Crippen LogP contribution >= 0.6 is 0 Å². The lowest BCUT2D eigenvalue weighted by Crippen LogP contribution is -2.27. The summed E-state index contributed by atoms with van der Waals surface area (Å²) in [4.78, 5) is 22.8. The van der Waals surface area contributed by atoms with Crippen LogP contribution in [0, 0.1) is 0 Å². The van der Waals surface area contributed by atoms with E-state index in [1.54, 1.807) is 6.08 Å². The summed E-state index contributed by atoms with van der Waals surface area (Å²) in [5, 5.41) is 11.5. The van der Waals surface area contributed by atoms with Crippen LogP contribution in [0.1, 0.15) is 104 Å². The number of hydrogen-bond donors (Lipinski definition) is 2. The minimum atomic E-state index is -1.06. The van der Waals surface area contributed by atoms with Crippen LogP contribution in [-0.2, 0) is 9.59 Å². The average Bonchev–Trinajstić information content (AvgIpc) is 2.56. The standard InChI is InChI=1S/C20H37NO3/c1-3-5-7-8-9-10-11-12-13-14-15-17-19(22)21-18(20(23)24)16-6-4-2/h16H,3-15,17H2,1-2H3,(H,21,22)(H,23,24). The maximum absolute atomic E-state index is 11.8. The van der Waals surface area contributed by atoms with Crippen molar-refractivity contribution in [1.29, 1.82) is 0 Å². The monoisotopic (exact) mass is 339 g/mol. The Hall–Kier alpha value is -1.32. The van der Waals surface area contributed by atoms with Gasteiger partial charge >= 0.3 is 5.97 Å². The number of amides is 1. The van der Waals surface area contributed by atoms with E-state index in [2.05, 4.69) is 12.2 Å². The third-order valence-corrected chi connectivity index (χ3v) is 4.15. The van der Waals surface area contributed by atoms with Crippen LogP contribution in [0.3, 0.4) is 0 Å². The topological polar surface area (TPSA) is 66.4 Å². The third-order valence-electron chi connectivity index (χ3n) is 4.15. The van der Waals surface area contributed by atoms with Gasteiger partial charge in [0.1, 0.15) is 5.70 Å². The summed E-state index contributed by atoms with van der Waals surface area (Å²) >= 11 is 0. The van der Waals surface area contributed by atoms with Crippen LogP contribution in [-0.4, -0.2) is 17.0 Å². The molecule has 0 aliphatic carbocycles. The highest BCUT2D eigenvalue weighted by Crippen LogP contribution is 2.12. The van der Waals surface area contributed by atoms with Crippen molar-refractivity contribution in [2.75, 3.05) is 0 Å². The second kappa shape index (κ2) is 16.5. The Kier molecular flexibility index (Phi) is 15.6. The number of unbranched alkanes of at least 4 members (excludes halogenated alkanes) is 11. The second-order valence-corrected chi connectivity index (χ2v) is 6.55. The smallest absolute Gasteiger partial charge is 0.352 e. The molecule has 0 saturated heterocycles. The SMILES string of the molecule is CCCC=C(NC(=O)CCCCCCCCCCCCC)C(=O)O. The number of allylic oxidation sites excluding steroid dienone is 1. The number of rotatable bonds is 16. The van der Waals surface area contributed by atoms with E-state index < -0.39 is 5.97 Å². The van der Waals surface area contributed by atoms with Gasteiger partial charge in [0.15, 0.2) is 0 Å². The van der Waals surface area contributed by atoms with Gasteiger partial charge in [-0.2, -0.15) is 0 Å². The van der Waals surface area contributed by atoms with Gasteiger partial charge in [-0.1, -0.05) is 90.6 Å². The molecule has 0 unspecified atom stereocenters. The molecule has 1 amide bonds. The first-order valence-corrected chi connectivity index (χ1v) is 9.85. The van der Waals surface area contributed by atoms with E-state index in [-0.39, 0.29) is 11.6 Å². The third kappa shape index (κ3) is 14.3. The second-order valence-electron chi connectivity index (χ2n) is 6.55. The van der Waals surface area contributed by atoms with E-state index >= 15 is 0 Å². The van der Waals surface area contributed by atoms with Gasteiger partial charge in [0.2, 0.25) is 5.91 Å². The summed E-state index contributed by atoms with van der Waals surface area (Å²) in [5.41, 5.74) is 0.0184. The molecular formula is C20H37NO3. The molecule has 0 radical (unpaired) electrons. The lowest BCUT2D eigenvalue weighted by molar-refractivity contribution is -0.134. The fourth-order valence-electron chi connectivity index (χ4n) is 2.64. The predicted molar refractivity (Wildman–Crippen MR) is 99.8 cm³/mol. The Morgan fingerprint density at radius 3 is 1.75 bits per heavy atom. The van der Waals surface area contributed by atoms with E-state index in [1.165, 1.54) is 57.8 Å². The molecule has 0 saturated carbocycles. The molecule has 0 aromatic carbocycles. The van der Waals surface area contributed by atoms with E-state index in [0.717, 1.165) is 19.3 Å². The first-order chi connectivity index (χ1) is 11.6. The highest BCUT2D eigenvalue weighted by molar-refractivity contribution is 5.92. The van der Waals surface area contributed by atoms with Crippen LogP contribution in [0.5, 0.6) is 0 Å². The highest BCUT2D eigenvalue weighted by atomic mass is 16.4. The van der Waals surface area contributed by atoms with E-state index in [9.17, 15) is 9.59 Å². The Morgan fingerprint density at radius 2 is 1.29 bits per heavy atom. The molecule has 4 nitrogen and oxygen atoms in total. The normalized spacial score (nSPS) is 11.5. The minimum Gasteiger partial charge on any atom is -0.477 e. The van der Waals surface area contributed by atoms with Crippen LogP contribution in [0.15, 0.2) is 11.8 Å². The molecule has 0 bridgehead atoms. The maximum Gasteiger partial charge on any atom is 0.352 e. The Balaban J connectivity index is 3.56. The predicted octanol–water partition coefficient (Wildman–Crippen LogP) is 5.57. The van der Waals surface area contributed by atoms with Gasteiger partial charge in [-0.15, -0.1) is 0 Å². The zero-order chi connectivity index (χ0) is 18.0. The van der Waals surface area contributed by atoms with Crippen LogP contribution in [0.4, 0.5) is 0 Å². The van der Waals surface area contributed by atoms with Crippen molar-refractivity contribution < 1.29 is 14.7 Å². The summed E-state index contributed by atoms with van der Waals surface area (Å²) in [5.74, 6) is -1.24. The Labute approximate surface area is 148 Å². The van der Waals surface area contributed by atoms with Gasteiger partial charge in [0.25, 0.3) is 0 Å². The molecule has 0 fully saturated rings. The van der Waals surface area contributed by atoms with Gasteiger partial charge < -0.3 is 10.4 Å². The van der Waals surface area contributed by atoms with E-state index in [0.29, 0.717) is 12.8 Å². The number of carboxylic acid groups (broad SMARTS) is 1. The number of hydrogen-bond acceptors (Lipinski definition) is 2. The summed E-state index contributed by atoms with van der Waals surface area (Å²) in [6.45, 7) is 4.22. The number of carbonyl (C=O) groups excluding carboxylic acids is 1. The fraction of sp³-hybridized carbons (Fsp3) is 0.800. The van der Waals surface area contributed by atoms with Gasteiger partial charge in [0, 0.05) is 6.42 Å². The van der Waals surface area contributed by atoms with Crippen molar-refractivity contribution in [1.82, 2.24) is 5.32 Å². The van der Waals surface area contributed by atoms with Crippen LogP contribution in [0.2, 0.25) is 0 Å². The Bertz CT molecular complexity index is 364. The van der Waals surface area contributed by atoms with Crippen molar-refractivity contribution >= 4 is 11.9 Å². The van der Waals surface area contributed by atoms with Crippen molar-refractivity contribution in [2.45, 2.75) is 104 Å². The number of carbonyl (C=O) groups is 2. The van der Waals surface area contributed by atoms with Crippen molar-refractivity contribution in [3.8, 4) is 0 Å². The molecule has 0 atom stereocenters. The van der Waals surface area contributed by atoms with Gasteiger partial charge in [-0.3, -0.25) is 4.79 Å². The van der Waals surface area contributed by atoms with Crippen molar-refractivity contribution in [3.63, 3.8) is 0 Å². The molecule has 2 N–H and O–H groups in total. The van der Waals surface area contributed by atoms with Crippen LogP contribution < -0.4 is 5.32 Å². The number of nitrogens with one attached hydrogen (secondary N) is 1. The lowest BCUT2D eigenvalue weighted by Gasteiger charge is -2.06. The summed E-state index contributed by atoms with van der Waals surface area (Å²) in [7, 11) is 0. The zero-order valence-electron chi connectivity index (χ0n) is 15.7. The molecule has 140 valence electrons. The quantitative estimate of drug-likeness (QED) is 0.285. The first kappa shape index (κ1) is 22.7. The Morgan fingerprint density at radius 1 is 0.792 bits per heavy atom. The lowest BCUT2D eigenvalue weighted by atomic mass is 10.1. The minimum absolute atomic E-state index is 0.0184. The number of carboxylic acids is 1. The molecule has 0 rings (SSSR count). The van der Waals surface area contributed by atoms with Gasteiger partial charge in [-0.05, 0) is 12.8 Å². The van der Waals surface area contributed by atoms with Crippen molar-refractivity contribution in [2.24, 2.45) is 0 Å². The fourth-order valence-corrected chi connectivity index (χ4v) is 2.64. The summed E-state index contributed by atoms with van der Waals surface area (Å²) in [6, 6.07) is 0. The average molecular weight is 340 g/mol. The first-order valence-electron chi connectivity index (χ1n) is 9.85. The molecule has 0 heterocycles. The molecule has 0 spiro atoms. The number of aliphatic carboxylic acids is 1. The molecule has 0 aromatic rings. The summed E-state index contributed by atoms with van der Waals surface area (Å²) < 4.78 is 0.